The molecule has 0 radical (unpaired) electrons. The number of aromatic nitrogens is 1. The summed E-state index contributed by atoms with van der Waals surface area (Å²) in [5, 5.41) is 3.42. The Kier molecular flexibility index (Phi) is 4.25. The third kappa shape index (κ3) is 2.91. The minimum Gasteiger partial charge on any atom is -0.495 e. The van der Waals surface area contributed by atoms with Crippen molar-refractivity contribution in [2.75, 3.05) is 12.4 Å². The normalized spacial score (nSPS) is 10.2. The molecule has 0 aliphatic rings. The zero-order chi connectivity index (χ0) is 14.7. The fraction of sp³-hybridized carbons (Fsp3) is 0.200. The molecule has 0 atom stereocenters. The number of hydrogen-bond acceptors (Lipinski definition) is 3. The SMILES string of the molecule is COc1cc(Cl)c(C)cc1NC(=O)c1cccnc1C. The number of benzene rings is 1. The Morgan fingerprint density at radius 2 is 2.10 bits per heavy atom. The quantitative estimate of drug-likeness (QED) is 0.939. The largest absolute Gasteiger partial charge is 0.495 e. The lowest BCUT2D eigenvalue weighted by Gasteiger charge is -2.12. The van der Waals surface area contributed by atoms with Gasteiger partial charge in [0.1, 0.15) is 5.75 Å². The predicted octanol–water partition coefficient (Wildman–Crippen LogP) is 3.61. The smallest absolute Gasteiger partial charge is 0.257 e. The molecular weight excluding hydrogens is 276 g/mol. The summed E-state index contributed by atoms with van der Waals surface area (Å²) in [6.07, 6.45) is 1.65. The van der Waals surface area contributed by atoms with Gasteiger partial charge in [-0.1, -0.05) is 11.6 Å². The van der Waals surface area contributed by atoms with Crippen molar-refractivity contribution in [3.63, 3.8) is 0 Å². The van der Waals surface area contributed by atoms with Crippen LogP contribution in [0.5, 0.6) is 5.75 Å². The van der Waals surface area contributed by atoms with Gasteiger partial charge in [-0.15, -0.1) is 0 Å². The molecule has 0 fully saturated rings. The average Bonchev–Trinajstić information content (AvgIpc) is 2.43. The number of anilines is 1. The number of nitrogens with zero attached hydrogens (tertiary/aromatic N) is 1. The maximum Gasteiger partial charge on any atom is 0.257 e. The van der Waals surface area contributed by atoms with Crippen LogP contribution in [0.3, 0.4) is 0 Å². The van der Waals surface area contributed by atoms with E-state index in [1.165, 1.54) is 7.11 Å². The van der Waals surface area contributed by atoms with Crippen molar-refractivity contribution in [1.82, 2.24) is 4.98 Å². The standard InChI is InChI=1S/C15H15ClN2O2/c1-9-7-13(14(20-3)8-12(9)16)18-15(19)11-5-4-6-17-10(11)2/h4-8H,1-3H3,(H,18,19). The molecule has 104 valence electrons. The van der Waals surface area contributed by atoms with Crippen LogP contribution in [-0.4, -0.2) is 18.0 Å². The van der Waals surface area contributed by atoms with Crippen LogP contribution >= 0.6 is 11.6 Å². The molecule has 0 bridgehead atoms. The topological polar surface area (TPSA) is 51.2 Å². The Hall–Kier alpha value is -2.07. The van der Waals surface area contributed by atoms with E-state index < -0.39 is 0 Å². The molecule has 0 saturated heterocycles. The highest BCUT2D eigenvalue weighted by Gasteiger charge is 2.13. The molecule has 2 rings (SSSR count). The molecule has 1 aromatic heterocycles. The fourth-order valence-electron chi connectivity index (χ4n) is 1.84. The van der Waals surface area contributed by atoms with Crippen LogP contribution in [0.25, 0.3) is 0 Å². The molecule has 0 aliphatic carbocycles. The van der Waals surface area contributed by atoms with E-state index in [4.69, 9.17) is 16.3 Å². The van der Waals surface area contributed by atoms with Crippen LogP contribution in [0, 0.1) is 13.8 Å². The number of rotatable bonds is 3. The Morgan fingerprint density at radius 3 is 2.75 bits per heavy atom. The molecule has 20 heavy (non-hydrogen) atoms. The van der Waals surface area contributed by atoms with Crippen molar-refractivity contribution in [2.24, 2.45) is 0 Å². The first kappa shape index (κ1) is 14.3. The second kappa shape index (κ2) is 5.92. The van der Waals surface area contributed by atoms with Gasteiger partial charge in [0.15, 0.2) is 0 Å². The second-order valence-electron chi connectivity index (χ2n) is 4.39. The molecule has 2 aromatic rings. The van der Waals surface area contributed by atoms with E-state index in [0.717, 1.165) is 5.56 Å². The van der Waals surface area contributed by atoms with Gasteiger partial charge >= 0.3 is 0 Å². The maximum atomic E-state index is 12.3. The lowest BCUT2D eigenvalue weighted by Crippen LogP contribution is -2.14. The highest BCUT2D eigenvalue weighted by molar-refractivity contribution is 6.31. The lowest BCUT2D eigenvalue weighted by atomic mass is 10.1. The first-order chi connectivity index (χ1) is 9.52. The number of hydrogen-bond donors (Lipinski definition) is 1. The van der Waals surface area contributed by atoms with Gasteiger partial charge in [-0.05, 0) is 37.6 Å². The summed E-state index contributed by atoms with van der Waals surface area (Å²) in [4.78, 5) is 16.4. The van der Waals surface area contributed by atoms with E-state index in [0.29, 0.717) is 27.7 Å². The van der Waals surface area contributed by atoms with Gasteiger partial charge in [-0.3, -0.25) is 9.78 Å². The number of carbonyl (C=O) groups is 1. The summed E-state index contributed by atoms with van der Waals surface area (Å²) in [5.41, 5.74) is 2.66. The van der Waals surface area contributed by atoms with Gasteiger partial charge in [-0.2, -0.15) is 0 Å². The first-order valence-corrected chi connectivity index (χ1v) is 6.48. The van der Waals surface area contributed by atoms with Crippen LogP contribution in [0.2, 0.25) is 5.02 Å². The zero-order valence-corrected chi connectivity index (χ0v) is 12.3. The Labute approximate surface area is 122 Å². The van der Waals surface area contributed by atoms with E-state index >= 15 is 0 Å². The van der Waals surface area contributed by atoms with Crippen molar-refractivity contribution < 1.29 is 9.53 Å². The van der Waals surface area contributed by atoms with Crippen molar-refractivity contribution in [2.45, 2.75) is 13.8 Å². The number of ether oxygens (including phenoxy) is 1. The fourth-order valence-corrected chi connectivity index (χ4v) is 2.00. The number of aryl methyl sites for hydroxylation is 2. The van der Waals surface area contributed by atoms with Gasteiger partial charge in [0.2, 0.25) is 0 Å². The van der Waals surface area contributed by atoms with E-state index in [-0.39, 0.29) is 5.91 Å². The molecular formula is C15H15ClN2O2. The summed E-state index contributed by atoms with van der Waals surface area (Å²) < 4.78 is 5.23. The summed E-state index contributed by atoms with van der Waals surface area (Å²) >= 11 is 6.04. The number of amides is 1. The van der Waals surface area contributed by atoms with Crippen molar-refractivity contribution in [3.8, 4) is 5.75 Å². The summed E-state index contributed by atoms with van der Waals surface area (Å²) in [7, 11) is 1.53. The monoisotopic (exact) mass is 290 g/mol. The highest BCUT2D eigenvalue weighted by Crippen LogP contribution is 2.31. The first-order valence-electron chi connectivity index (χ1n) is 6.10. The Balaban J connectivity index is 2.33. The second-order valence-corrected chi connectivity index (χ2v) is 4.80. The third-order valence-corrected chi connectivity index (χ3v) is 3.39. The summed E-state index contributed by atoms with van der Waals surface area (Å²) in [6, 6.07) is 6.92. The van der Waals surface area contributed by atoms with E-state index in [2.05, 4.69) is 10.3 Å². The number of methoxy groups -OCH3 is 1. The van der Waals surface area contributed by atoms with Crippen LogP contribution in [0.15, 0.2) is 30.5 Å². The van der Waals surface area contributed by atoms with Gasteiger partial charge in [0, 0.05) is 23.0 Å². The molecule has 4 nitrogen and oxygen atoms in total. The lowest BCUT2D eigenvalue weighted by molar-refractivity contribution is 0.102. The predicted molar refractivity (Wildman–Crippen MR) is 79.7 cm³/mol. The van der Waals surface area contributed by atoms with Crippen LogP contribution in [-0.2, 0) is 0 Å². The molecule has 1 N–H and O–H groups in total. The van der Waals surface area contributed by atoms with Crippen molar-refractivity contribution in [1.29, 1.82) is 0 Å². The van der Waals surface area contributed by atoms with Gasteiger partial charge in [0.25, 0.3) is 5.91 Å². The van der Waals surface area contributed by atoms with Crippen molar-refractivity contribution >= 4 is 23.2 Å². The maximum absolute atomic E-state index is 12.3. The Morgan fingerprint density at radius 1 is 1.35 bits per heavy atom. The number of carbonyl (C=O) groups excluding carboxylic acids is 1. The zero-order valence-electron chi connectivity index (χ0n) is 11.5. The average molecular weight is 291 g/mol. The molecule has 0 saturated carbocycles. The van der Waals surface area contributed by atoms with E-state index in [1.807, 2.05) is 6.92 Å². The molecule has 1 amide bonds. The minimum atomic E-state index is -0.226. The summed E-state index contributed by atoms with van der Waals surface area (Å²) in [5.74, 6) is 0.297. The number of pyridine rings is 1. The molecule has 1 aromatic carbocycles. The van der Waals surface area contributed by atoms with Gasteiger partial charge < -0.3 is 10.1 Å². The van der Waals surface area contributed by atoms with Crippen LogP contribution in [0.4, 0.5) is 5.69 Å². The van der Waals surface area contributed by atoms with E-state index in [1.54, 1.807) is 37.4 Å². The van der Waals surface area contributed by atoms with Crippen molar-refractivity contribution in [3.05, 3.63) is 52.3 Å². The highest BCUT2D eigenvalue weighted by atomic mass is 35.5. The molecule has 0 spiro atoms. The number of nitrogens with one attached hydrogen (secondary N) is 1. The molecule has 5 heteroatoms. The van der Waals surface area contributed by atoms with Crippen LogP contribution < -0.4 is 10.1 Å². The molecule has 1 heterocycles. The summed E-state index contributed by atoms with van der Waals surface area (Å²) in [6.45, 7) is 3.66. The Bertz CT molecular complexity index is 656. The van der Waals surface area contributed by atoms with E-state index in [9.17, 15) is 4.79 Å². The van der Waals surface area contributed by atoms with Crippen LogP contribution in [0.1, 0.15) is 21.6 Å². The molecule has 0 aliphatic heterocycles. The van der Waals surface area contributed by atoms with Gasteiger partial charge in [0.05, 0.1) is 18.4 Å². The molecule has 0 unspecified atom stereocenters. The van der Waals surface area contributed by atoms with Gasteiger partial charge in [-0.25, -0.2) is 0 Å². The number of halogens is 1. The minimum absolute atomic E-state index is 0.226. The third-order valence-electron chi connectivity index (χ3n) is 2.98.